The normalized spacial score (nSPS) is 11.8. The Hall–Kier alpha value is -9.39. The van der Waals surface area contributed by atoms with E-state index in [0.29, 0.717) is 22.8 Å². The molecule has 0 aliphatic carbocycles. The van der Waals surface area contributed by atoms with Crippen LogP contribution in [0, 0.1) is 0 Å². The lowest BCUT2D eigenvalue weighted by molar-refractivity contribution is 0.103. The second-order valence-electron chi connectivity index (χ2n) is 24.0. The Kier molecular flexibility index (Phi) is 28.9. The molecule has 99 heavy (non-hydrogen) atoms. The predicted molar refractivity (Wildman–Crippen MR) is 395 cm³/mol. The molecule has 0 spiro atoms. The Morgan fingerprint density at radius 2 is 0.657 bits per heavy atom. The average Bonchev–Trinajstić information content (AvgIpc) is 0.805. The lowest BCUT2D eigenvalue weighted by Gasteiger charge is -2.19. The van der Waals surface area contributed by atoms with Crippen molar-refractivity contribution in [1.82, 2.24) is 29.9 Å². The highest BCUT2D eigenvalue weighted by Crippen LogP contribution is 2.32. The summed E-state index contributed by atoms with van der Waals surface area (Å²) in [5, 5.41) is 8.73. The van der Waals surface area contributed by atoms with Gasteiger partial charge >= 0.3 is 0 Å². The predicted octanol–water partition coefficient (Wildman–Crippen LogP) is 13.2. The standard InChI is InChI=1S/2C22H24ClN5O3S.C21H21ClN4O3S.CH5NO.2CH4/c2*1-22(2,3)15-6-8-17(9-7-15)32(29,30)28-18-11-16(23)13-26-21(18)20(27-31-4)14-5-10-19(24)25-12-14;1-21(2,3)14-5-7-16(8-6-14)30(28,29)26-17-10-15(22)12-25-19(17)20(27)13-4-9-18(23)24-11-13;1-3-2;;/h2*5-13,28H,1-4H3,(H2,24,25);4-12,26H,1-3H3,(H2,23,24);2H2,1H3;2*1H4/b27-20+;27-20-;;;;. The second-order valence-corrected chi connectivity index (χ2v) is 30.4. The van der Waals surface area contributed by atoms with Crippen molar-refractivity contribution in [2.75, 3.05) is 52.7 Å². The monoisotopic (exact) mass is 1470 g/mol. The lowest BCUT2D eigenvalue weighted by atomic mass is 9.87. The van der Waals surface area contributed by atoms with Gasteiger partial charge in [-0.1, -0.05) is 159 Å². The number of hydrogen-bond acceptors (Lipinski definition) is 22. The first-order chi connectivity index (χ1) is 45.4. The Bertz CT molecular complexity index is 4420. The van der Waals surface area contributed by atoms with E-state index in [1.807, 2.05) is 20.8 Å². The molecule has 6 aromatic heterocycles. The van der Waals surface area contributed by atoms with Crippen LogP contribution < -0.4 is 37.3 Å². The van der Waals surface area contributed by atoms with Gasteiger partial charge < -0.3 is 31.7 Å². The van der Waals surface area contributed by atoms with Crippen LogP contribution in [0.15, 0.2) is 190 Å². The molecule has 25 nitrogen and oxygen atoms in total. The summed E-state index contributed by atoms with van der Waals surface area (Å²) in [5.41, 5.74) is 22.0. The van der Waals surface area contributed by atoms with Crippen LogP contribution >= 0.6 is 34.8 Å². The largest absolute Gasteiger partial charge is 0.399 e. The van der Waals surface area contributed by atoms with Crippen molar-refractivity contribution >= 4 is 117 Å². The summed E-state index contributed by atoms with van der Waals surface area (Å²) < 4.78 is 85.8. The first-order valence-electron chi connectivity index (χ1n) is 28.9. The minimum Gasteiger partial charge on any atom is -0.399 e. The Morgan fingerprint density at radius 1 is 0.404 bits per heavy atom. The molecule has 0 saturated carbocycles. The van der Waals surface area contributed by atoms with Crippen LogP contribution in [-0.2, 0) is 60.8 Å². The van der Waals surface area contributed by atoms with E-state index < -0.39 is 35.9 Å². The molecule has 3 aromatic carbocycles. The summed E-state index contributed by atoms with van der Waals surface area (Å²) in [6.45, 7) is 18.5. The minimum atomic E-state index is -3.97. The fourth-order valence-corrected chi connectivity index (χ4v) is 12.2. The van der Waals surface area contributed by atoms with Crippen molar-refractivity contribution < 1.29 is 44.6 Å². The topological polar surface area (TPSA) is 389 Å². The van der Waals surface area contributed by atoms with Crippen LogP contribution in [0.4, 0.5) is 34.5 Å². The molecule has 9 aromatic rings. The number of pyridine rings is 6. The maximum atomic E-state index is 13.1. The van der Waals surface area contributed by atoms with Crippen LogP contribution in [-0.4, -0.2) is 93.7 Å². The van der Waals surface area contributed by atoms with E-state index in [9.17, 15) is 30.0 Å². The van der Waals surface area contributed by atoms with Gasteiger partial charge in [0.2, 0.25) is 5.78 Å². The van der Waals surface area contributed by atoms with Crippen LogP contribution in [0.1, 0.15) is 132 Å². The summed E-state index contributed by atoms with van der Waals surface area (Å²) in [6, 6.07) is 33.8. The molecule has 0 amide bonds. The van der Waals surface area contributed by atoms with E-state index in [1.54, 1.807) is 84.9 Å². The molecule has 0 aliphatic rings. The Labute approximate surface area is 594 Å². The smallest absolute Gasteiger partial charge is 0.261 e. The number of nitrogens with zero attached hydrogens (tertiary/aromatic N) is 8. The quantitative estimate of drug-likeness (QED) is 0.0253. The number of rotatable bonds is 17. The van der Waals surface area contributed by atoms with Gasteiger partial charge in [-0.25, -0.2) is 51.1 Å². The van der Waals surface area contributed by atoms with Crippen LogP contribution in [0.3, 0.4) is 0 Å². The number of carbonyl (C=O) groups is 1. The number of nitrogens with one attached hydrogen (secondary N) is 3. The molecule has 528 valence electrons. The number of carbonyl (C=O) groups excluding carboxylic acids is 1. The molecular weight excluding hydrogens is 1390 g/mol. The zero-order valence-corrected chi connectivity index (χ0v) is 59.6. The van der Waals surface area contributed by atoms with Crippen molar-refractivity contribution in [3.05, 3.63) is 230 Å². The van der Waals surface area contributed by atoms with Crippen LogP contribution in [0.2, 0.25) is 15.1 Å². The molecule has 0 unspecified atom stereocenters. The van der Waals surface area contributed by atoms with Gasteiger partial charge in [-0.15, -0.1) is 0 Å². The molecule has 6 heterocycles. The zero-order chi connectivity index (χ0) is 71.8. The van der Waals surface area contributed by atoms with E-state index in [1.165, 1.54) is 101 Å². The molecule has 11 N–H and O–H groups in total. The number of nitrogen functional groups attached to an aromatic ring is 3. The molecule has 0 atom stereocenters. The average molecular weight is 1470 g/mol. The van der Waals surface area contributed by atoms with Gasteiger partial charge in [0.05, 0.1) is 53.9 Å². The third-order valence-electron chi connectivity index (χ3n) is 13.6. The fraction of sp³-hybridized carbons (Fsp3) is 0.250. The molecule has 0 saturated heterocycles. The van der Waals surface area contributed by atoms with Crippen molar-refractivity contribution in [1.29, 1.82) is 0 Å². The fourth-order valence-electron chi connectivity index (χ4n) is 8.54. The summed E-state index contributed by atoms with van der Waals surface area (Å²) in [7, 11) is -7.68. The van der Waals surface area contributed by atoms with E-state index in [4.69, 9.17) is 61.7 Å². The lowest BCUT2D eigenvalue weighted by Crippen LogP contribution is -2.18. The summed E-state index contributed by atoms with van der Waals surface area (Å²) in [4.78, 5) is 51.4. The zero-order valence-electron chi connectivity index (χ0n) is 54.9. The van der Waals surface area contributed by atoms with Gasteiger partial charge in [-0.2, -0.15) is 0 Å². The van der Waals surface area contributed by atoms with E-state index in [2.05, 4.69) is 107 Å². The van der Waals surface area contributed by atoms with Gasteiger partial charge in [0.1, 0.15) is 60.2 Å². The van der Waals surface area contributed by atoms with Gasteiger partial charge in [-0.3, -0.25) is 28.9 Å². The van der Waals surface area contributed by atoms with Gasteiger partial charge in [0, 0.05) is 53.9 Å². The van der Waals surface area contributed by atoms with E-state index in [0.717, 1.165) is 16.7 Å². The van der Waals surface area contributed by atoms with E-state index in [-0.39, 0.29) is 118 Å². The van der Waals surface area contributed by atoms with Crippen LogP contribution in [0.5, 0.6) is 0 Å². The van der Waals surface area contributed by atoms with Gasteiger partial charge in [-0.05, 0) is 124 Å². The highest BCUT2D eigenvalue weighted by Gasteiger charge is 2.27. The maximum Gasteiger partial charge on any atom is 0.261 e. The highest BCUT2D eigenvalue weighted by atomic mass is 35.5. The number of sulfonamides is 3. The maximum absolute atomic E-state index is 13.1. The van der Waals surface area contributed by atoms with Crippen LogP contribution in [0.25, 0.3) is 0 Å². The second kappa shape index (κ2) is 34.9. The number of benzene rings is 3. The van der Waals surface area contributed by atoms with Crippen molar-refractivity contribution in [3.8, 4) is 0 Å². The third-order valence-corrected chi connectivity index (χ3v) is 18.3. The number of oxime groups is 2. The SMILES string of the molecule is C.C.CC(C)(C)c1ccc(S(=O)(=O)Nc2cc(Cl)cnc2C(=O)c2ccc(N)nc2)cc1.CO/N=C(/c1ccc(N)nc1)c1ncc(Cl)cc1NS(=O)(=O)c1ccc(C(C)(C)C)cc1.CO/N=C(\c1ccc(N)nc1)c1ncc(Cl)cc1NS(=O)(=O)c1ccc(C(C)(C)C)cc1.CON. The molecule has 0 radical (unpaired) electrons. The number of aromatic nitrogens is 6. The number of anilines is 6. The Morgan fingerprint density at radius 3 is 0.899 bits per heavy atom. The molecule has 0 fully saturated rings. The number of ketones is 1. The summed E-state index contributed by atoms with van der Waals surface area (Å²) in [5.74, 6) is 4.75. The number of hydrogen-bond donors (Lipinski definition) is 7. The third kappa shape index (κ3) is 22.8. The van der Waals surface area contributed by atoms with Gasteiger partial charge in [0.25, 0.3) is 30.1 Å². The first-order valence-corrected chi connectivity index (χ1v) is 34.5. The minimum absolute atomic E-state index is 0. The molecule has 0 aliphatic heterocycles. The Balaban J connectivity index is 0.000000306. The molecule has 0 bridgehead atoms. The number of nitrogens with two attached hydrogens (primary N) is 4. The van der Waals surface area contributed by atoms with Crippen molar-refractivity contribution in [3.63, 3.8) is 0 Å². The molecule has 31 heteroatoms. The summed E-state index contributed by atoms with van der Waals surface area (Å²) >= 11 is 18.2. The van der Waals surface area contributed by atoms with Crippen molar-refractivity contribution in [2.24, 2.45) is 16.2 Å². The van der Waals surface area contributed by atoms with Crippen molar-refractivity contribution in [2.45, 2.75) is 108 Å². The highest BCUT2D eigenvalue weighted by molar-refractivity contribution is 7.93. The molecular formula is C68H82Cl3N15O10S3. The van der Waals surface area contributed by atoms with E-state index >= 15 is 0 Å². The summed E-state index contributed by atoms with van der Waals surface area (Å²) in [6.07, 6.45) is 8.35. The van der Waals surface area contributed by atoms with Gasteiger partial charge in [0.15, 0.2) is 0 Å². The first kappa shape index (κ1) is 82.0. The molecule has 9 rings (SSSR count). The number of halogens is 3.